The average molecular weight is 430 g/mol. The Labute approximate surface area is 184 Å². The number of nitrogens with one attached hydrogen (secondary N) is 1. The zero-order valence-corrected chi connectivity index (χ0v) is 18.5. The highest BCUT2D eigenvalue weighted by Crippen LogP contribution is 2.31. The van der Waals surface area contributed by atoms with E-state index in [-0.39, 0.29) is 23.1 Å². The summed E-state index contributed by atoms with van der Waals surface area (Å²) in [4.78, 5) is 16.8. The molecular formula is C25H33F2N3O. The van der Waals surface area contributed by atoms with Gasteiger partial charge in [0, 0.05) is 13.1 Å². The van der Waals surface area contributed by atoms with Gasteiger partial charge in [-0.1, -0.05) is 37.3 Å². The van der Waals surface area contributed by atoms with Gasteiger partial charge in [-0.3, -0.25) is 9.69 Å². The third-order valence-electron chi connectivity index (χ3n) is 6.60. The second-order valence-corrected chi connectivity index (χ2v) is 8.63. The van der Waals surface area contributed by atoms with Gasteiger partial charge in [-0.05, 0) is 75.0 Å². The van der Waals surface area contributed by atoms with Gasteiger partial charge in [-0.15, -0.1) is 0 Å². The van der Waals surface area contributed by atoms with E-state index in [2.05, 4.69) is 22.0 Å². The topological polar surface area (TPSA) is 35.6 Å². The fourth-order valence-corrected chi connectivity index (χ4v) is 4.43. The highest BCUT2D eigenvalue weighted by atomic mass is 19.1. The number of piperidine rings is 1. The van der Waals surface area contributed by atoms with E-state index in [9.17, 15) is 13.6 Å². The largest absolute Gasteiger partial charge is 0.342 e. The number of hydrogen-bond donors (Lipinski definition) is 1. The van der Waals surface area contributed by atoms with Crippen molar-refractivity contribution in [3.05, 3.63) is 71.8 Å². The first kappa shape index (κ1) is 23.4. The Hall–Kier alpha value is -2.31. The van der Waals surface area contributed by atoms with Gasteiger partial charge in [0.25, 0.3) is 0 Å². The summed E-state index contributed by atoms with van der Waals surface area (Å²) < 4.78 is 24.9. The van der Waals surface area contributed by atoms with Crippen molar-refractivity contribution in [2.45, 2.75) is 44.1 Å². The van der Waals surface area contributed by atoms with E-state index in [4.69, 9.17) is 0 Å². The average Bonchev–Trinajstić information content (AvgIpc) is 3.05. The van der Waals surface area contributed by atoms with Crippen LogP contribution in [0, 0.1) is 11.6 Å². The highest BCUT2D eigenvalue weighted by molar-refractivity contribution is 5.88. The van der Waals surface area contributed by atoms with Crippen molar-refractivity contribution in [3.8, 4) is 0 Å². The lowest BCUT2D eigenvalue weighted by atomic mass is 9.86. The van der Waals surface area contributed by atoms with Crippen molar-refractivity contribution >= 4 is 5.91 Å². The third kappa shape index (κ3) is 6.11. The van der Waals surface area contributed by atoms with Gasteiger partial charge in [0.15, 0.2) is 0 Å². The van der Waals surface area contributed by atoms with Crippen LogP contribution in [0.15, 0.2) is 54.6 Å². The fraction of sp³-hybridized carbons (Fsp3) is 0.480. The molecule has 1 amide bonds. The van der Waals surface area contributed by atoms with Gasteiger partial charge in [0.1, 0.15) is 17.2 Å². The van der Waals surface area contributed by atoms with Crippen LogP contribution in [0.1, 0.15) is 44.1 Å². The first-order valence-electron chi connectivity index (χ1n) is 11.1. The van der Waals surface area contributed by atoms with Crippen LogP contribution in [0.2, 0.25) is 0 Å². The minimum atomic E-state index is -0.266. The summed E-state index contributed by atoms with van der Waals surface area (Å²) in [5.41, 5.74) is 0.941. The summed E-state index contributed by atoms with van der Waals surface area (Å²) in [5, 5.41) is 2.97. The summed E-state index contributed by atoms with van der Waals surface area (Å²) >= 11 is 0. The minimum Gasteiger partial charge on any atom is -0.342 e. The second kappa shape index (κ2) is 10.8. The van der Waals surface area contributed by atoms with Gasteiger partial charge in [-0.2, -0.15) is 0 Å². The lowest BCUT2D eigenvalue weighted by molar-refractivity contribution is -0.128. The van der Waals surface area contributed by atoms with E-state index in [1.54, 1.807) is 30.3 Å². The molecule has 168 valence electrons. The van der Waals surface area contributed by atoms with Gasteiger partial charge < -0.3 is 10.2 Å². The van der Waals surface area contributed by atoms with E-state index in [1.807, 2.05) is 19.2 Å². The Morgan fingerprint density at radius 2 is 1.61 bits per heavy atom. The molecular weight excluding hydrogens is 396 g/mol. The maximum atomic E-state index is 13.0. The maximum absolute atomic E-state index is 13.0. The third-order valence-corrected chi connectivity index (χ3v) is 6.60. The lowest BCUT2D eigenvalue weighted by Crippen LogP contribution is -2.55. The number of likely N-dealkylation sites (tertiary alicyclic amines) is 1. The summed E-state index contributed by atoms with van der Waals surface area (Å²) in [6.07, 6.45) is 4.08. The monoisotopic (exact) mass is 429 g/mol. The van der Waals surface area contributed by atoms with Crippen LogP contribution in [-0.2, 0) is 4.79 Å². The second-order valence-electron chi connectivity index (χ2n) is 8.63. The molecule has 1 N–H and O–H groups in total. The normalized spacial score (nSPS) is 19.5. The summed E-state index contributed by atoms with van der Waals surface area (Å²) in [5.74, 6) is 0.305. The molecule has 2 aromatic rings. The van der Waals surface area contributed by atoms with Gasteiger partial charge in [0.2, 0.25) is 5.91 Å². The van der Waals surface area contributed by atoms with Crippen LogP contribution in [-0.4, -0.2) is 54.6 Å². The fourth-order valence-electron chi connectivity index (χ4n) is 4.43. The zero-order chi connectivity index (χ0) is 22.3. The van der Waals surface area contributed by atoms with Crippen LogP contribution >= 0.6 is 0 Å². The van der Waals surface area contributed by atoms with Crippen molar-refractivity contribution in [2.24, 2.45) is 0 Å². The Morgan fingerprint density at radius 1 is 1.00 bits per heavy atom. The molecule has 2 aliphatic heterocycles. The number of carbonyl (C=O) groups is 1. The van der Waals surface area contributed by atoms with E-state index in [0.717, 1.165) is 45.3 Å². The van der Waals surface area contributed by atoms with Gasteiger partial charge >= 0.3 is 0 Å². The number of benzene rings is 2. The van der Waals surface area contributed by atoms with Crippen molar-refractivity contribution in [1.29, 1.82) is 0 Å². The number of likely N-dealkylation sites (N-methyl/N-ethyl adjacent to an activating group) is 1. The quantitative estimate of drug-likeness (QED) is 0.766. The molecule has 4 nitrogen and oxygen atoms in total. The molecule has 2 heterocycles. The van der Waals surface area contributed by atoms with E-state index in [0.29, 0.717) is 12.6 Å². The molecule has 1 atom stereocenters. The Balaban J connectivity index is 0.000000330. The Morgan fingerprint density at radius 3 is 2.13 bits per heavy atom. The minimum absolute atomic E-state index is 0.172. The molecule has 0 saturated carbocycles. The Bertz CT molecular complexity index is 820. The van der Waals surface area contributed by atoms with Crippen molar-refractivity contribution < 1.29 is 13.6 Å². The summed E-state index contributed by atoms with van der Waals surface area (Å²) in [7, 11) is 2.04. The molecule has 31 heavy (non-hydrogen) atoms. The number of hydrogen-bond acceptors (Lipinski definition) is 3. The SMILES string of the molecule is CC(CCCN1CCC2(CC1)C(=O)NCN2C)c1ccc(F)cc1.Fc1ccccc1. The van der Waals surface area contributed by atoms with Gasteiger partial charge in [-0.25, -0.2) is 8.78 Å². The number of nitrogens with zero attached hydrogens (tertiary/aromatic N) is 2. The molecule has 2 aromatic carbocycles. The molecule has 1 unspecified atom stereocenters. The van der Waals surface area contributed by atoms with Crippen LogP contribution in [0.4, 0.5) is 8.78 Å². The van der Waals surface area contributed by atoms with Crippen molar-refractivity contribution in [3.63, 3.8) is 0 Å². The van der Waals surface area contributed by atoms with Crippen LogP contribution < -0.4 is 5.32 Å². The predicted molar refractivity (Wildman–Crippen MR) is 120 cm³/mol. The van der Waals surface area contributed by atoms with E-state index >= 15 is 0 Å². The molecule has 2 fully saturated rings. The van der Waals surface area contributed by atoms with E-state index in [1.165, 1.54) is 17.7 Å². The Kier molecular flexibility index (Phi) is 8.15. The lowest BCUT2D eigenvalue weighted by Gasteiger charge is -2.41. The molecule has 6 heteroatoms. The van der Waals surface area contributed by atoms with E-state index < -0.39 is 0 Å². The number of carbonyl (C=O) groups excluding carboxylic acids is 1. The maximum Gasteiger partial charge on any atom is 0.241 e. The van der Waals surface area contributed by atoms with Crippen LogP contribution in [0.5, 0.6) is 0 Å². The first-order valence-corrected chi connectivity index (χ1v) is 11.1. The molecule has 1 spiro atoms. The molecule has 0 bridgehead atoms. The zero-order valence-electron chi connectivity index (χ0n) is 18.5. The van der Waals surface area contributed by atoms with Crippen molar-refractivity contribution in [2.75, 3.05) is 33.4 Å². The molecule has 0 aliphatic carbocycles. The smallest absolute Gasteiger partial charge is 0.241 e. The molecule has 4 rings (SSSR count). The molecule has 2 aliphatic rings. The summed E-state index contributed by atoms with van der Waals surface area (Å²) in [6.45, 7) is 5.93. The highest BCUT2D eigenvalue weighted by Gasteiger charge is 2.48. The van der Waals surface area contributed by atoms with Crippen LogP contribution in [0.25, 0.3) is 0 Å². The number of halogens is 2. The van der Waals surface area contributed by atoms with Crippen molar-refractivity contribution in [1.82, 2.24) is 15.1 Å². The van der Waals surface area contributed by atoms with Crippen LogP contribution in [0.3, 0.4) is 0 Å². The predicted octanol–water partition coefficient (Wildman–Crippen LogP) is 4.39. The standard InChI is InChI=1S/C19H28FN3O.C6H5F/c1-15(16-5-7-17(20)8-6-16)4-3-11-23-12-9-19(10-13-23)18(24)21-14-22(19)2;7-6-4-2-1-3-5-6/h5-8,15H,3-4,9-14H2,1-2H3,(H,21,24);1-5H. The number of rotatable bonds is 5. The summed E-state index contributed by atoms with van der Waals surface area (Å²) in [6, 6.07) is 14.8. The number of amides is 1. The van der Waals surface area contributed by atoms with Gasteiger partial charge in [0.05, 0.1) is 6.67 Å². The molecule has 0 aromatic heterocycles. The first-order chi connectivity index (χ1) is 14.9. The molecule has 2 saturated heterocycles. The molecule has 0 radical (unpaired) electrons.